The molecule has 0 unspecified atom stereocenters. The molecule has 0 saturated carbocycles. The average molecular weight is 430 g/mol. The molecule has 29 heavy (non-hydrogen) atoms. The highest BCUT2D eigenvalue weighted by molar-refractivity contribution is 7.91. The minimum Gasteiger partial charge on any atom is -0.507 e. The minimum atomic E-state index is -3.26. The van der Waals surface area contributed by atoms with Gasteiger partial charge < -0.3 is 10.4 Å². The maximum Gasteiger partial charge on any atom is 0.228 e. The number of hydrogen-bond acceptors (Lipinski definition) is 4. The van der Waals surface area contributed by atoms with E-state index >= 15 is 0 Å². The third kappa shape index (κ3) is 4.96. The van der Waals surface area contributed by atoms with Crippen LogP contribution in [0.4, 0.5) is 5.69 Å². The van der Waals surface area contributed by atoms with Crippen LogP contribution in [-0.4, -0.2) is 25.2 Å². The number of benzene rings is 3. The summed E-state index contributed by atoms with van der Waals surface area (Å²) in [5.41, 5.74) is 2.51. The predicted molar refractivity (Wildman–Crippen MR) is 115 cm³/mol. The molecule has 2 N–H and O–H groups in total. The van der Waals surface area contributed by atoms with Gasteiger partial charge in [0.25, 0.3) is 0 Å². The summed E-state index contributed by atoms with van der Waals surface area (Å²) in [6.07, 6.45) is 0.102. The van der Waals surface area contributed by atoms with Crippen LogP contribution in [0.25, 0.3) is 11.1 Å². The normalized spacial score (nSPS) is 11.2. The number of anilines is 1. The standard InChI is InChI=1S/C22H20ClNO4S/c1-2-29(27,28)17-10-7-15(8-11-17)13-22(26)24-16-9-12-18(20(23)14-16)19-5-3-4-6-21(19)25/h3-12,14,25H,2,13H2,1H3,(H,24,26). The Kier molecular flexibility index (Phi) is 6.25. The maximum absolute atomic E-state index is 12.3. The number of halogens is 1. The highest BCUT2D eigenvalue weighted by Crippen LogP contribution is 2.35. The van der Waals surface area contributed by atoms with Gasteiger partial charge in [-0.15, -0.1) is 0 Å². The van der Waals surface area contributed by atoms with E-state index in [2.05, 4.69) is 5.32 Å². The first-order valence-corrected chi connectivity index (χ1v) is 11.0. The Morgan fingerprint density at radius 2 is 1.69 bits per heavy atom. The smallest absolute Gasteiger partial charge is 0.228 e. The number of carbonyl (C=O) groups excluding carboxylic acids is 1. The minimum absolute atomic E-state index is 0.0321. The van der Waals surface area contributed by atoms with Crippen LogP contribution >= 0.6 is 11.6 Å². The molecule has 7 heteroatoms. The van der Waals surface area contributed by atoms with E-state index in [-0.39, 0.29) is 28.7 Å². The van der Waals surface area contributed by atoms with E-state index < -0.39 is 9.84 Å². The van der Waals surface area contributed by atoms with E-state index in [4.69, 9.17) is 11.6 Å². The molecule has 0 heterocycles. The topological polar surface area (TPSA) is 83.5 Å². The summed E-state index contributed by atoms with van der Waals surface area (Å²) >= 11 is 6.33. The Hall–Kier alpha value is -2.83. The summed E-state index contributed by atoms with van der Waals surface area (Å²) in [5.74, 6) is -0.0909. The van der Waals surface area contributed by atoms with Gasteiger partial charge in [0.1, 0.15) is 5.75 Å². The zero-order valence-corrected chi connectivity index (χ0v) is 17.3. The molecule has 5 nitrogen and oxygen atoms in total. The van der Waals surface area contributed by atoms with E-state index in [9.17, 15) is 18.3 Å². The molecule has 1 amide bonds. The highest BCUT2D eigenvalue weighted by Gasteiger charge is 2.13. The van der Waals surface area contributed by atoms with E-state index in [0.29, 0.717) is 27.4 Å². The van der Waals surface area contributed by atoms with Gasteiger partial charge >= 0.3 is 0 Å². The van der Waals surface area contributed by atoms with E-state index in [0.717, 1.165) is 0 Å². The number of phenolic OH excluding ortho intramolecular Hbond substituents is 1. The molecular weight excluding hydrogens is 410 g/mol. The molecule has 0 aliphatic heterocycles. The molecule has 0 fully saturated rings. The lowest BCUT2D eigenvalue weighted by atomic mass is 10.0. The molecule has 3 rings (SSSR count). The fraction of sp³-hybridized carbons (Fsp3) is 0.136. The van der Waals surface area contributed by atoms with Crippen molar-refractivity contribution < 1.29 is 18.3 Å². The molecule has 0 aliphatic rings. The summed E-state index contributed by atoms with van der Waals surface area (Å²) in [6.45, 7) is 1.59. The van der Waals surface area contributed by atoms with E-state index in [1.54, 1.807) is 61.5 Å². The van der Waals surface area contributed by atoms with E-state index in [1.807, 2.05) is 0 Å². The van der Waals surface area contributed by atoms with Gasteiger partial charge in [0.15, 0.2) is 9.84 Å². The number of hydrogen-bond donors (Lipinski definition) is 2. The average Bonchev–Trinajstić information content (AvgIpc) is 2.69. The molecular formula is C22H20ClNO4S. The summed E-state index contributed by atoms with van der Waals surface area (Å²) in [6, 6.07) is 18.2. The van der Waals surface area contributed by atoms with Gasteiger partial charge in [0.05, 0.1) is 22.1 Å². The van der Waals surface area contributed by atoms with E-state index in [1.165, 1.54) is 12.1 Å². The van der Waals surface area contributed by atoms with Crippen molar-refractivity contribution in [3.63, 3.8) is 0 Å². The first-order chi connectivity index (χ1) is 13.8. The van der Waals surface area contributed by atoms with Crippen LogP contribution in [0.5, 0.6) is 5.75 Å². The zero-order valence-electron chi connectivity index (χ0n) is 15.7. The number of nitrogens with one attached hydrogen (secondary N) is 1. The molecule has 0 atom stereocenters. The van der Waals surface area contributed by atoms with Crippen LogP contribution in [0.15, 0.2) is 71.6 Å². The number of aromatic hydroxyl groups is 1. The summed E-state index contributed by atoms with van der Waals surface area (Å²) < 4.78 is 23.7. The van der Waals surface area contributed by atoms with Crippen LogP contribution in [0.2, 0.25) is 5.02 Å². The van der Waals surface area contributed by atoms with Crippen molar-refractivity contribution in [1.29, 1.82) is 0 Å². The Morgan fingerprint density at radius 3 is 2.31 bits per heavy atom. The van der Waals surface area contributed by atoms with Crippen LogP contribution in [-0.2, 0) is 21.1 Å². The number of carbonyl (C=O) groups is 1. The number of amides is 1. The van der Waals surface area contributed by atoms with Gasteiger partial charge in [-0.25, -0.2) is 8.42 Å². The van der Waals surface area contributed by atoms with Gasteiger partial charge in [-0.1, -0.05) is 54.9 Å². The Morgan fingerprint density at radius 1 is 1.00 bits per heavy atom. The summed E-state index contributed by atoms with van der Waals surface area (Å²) in [4.78, 5) is 12.6. The molecule has 0 aliphatic carbocycles. The van der Waals surface area contributed by atoms with Crippen molar-refractivity contribution >= 4 is 33.0 Å². The largest absolute Gasteiger partial charge is 0.507 e. The fourth-order valence-electron chi connectivity index (χ4n) is 2.88. The van der Waals surface area contributed by atoms with Crippen LogP contribution < -0.4 is 5.32 Å². The molecule has 0 bridgehead atoms. The molecule has 0 aromatic heterocycles. The van der Waals surface area contributed by atoms with Gasteiger partial charge in [-0.2, -0.15) is 0 Å². The SMILES string of the molecule is CCS(=O)(=O)c1ccc(CC(=O)Nc2ccc(-c3ccccc3O)c(Cl)c2)cc1. The molecule has 0 saturated heterocycles. The Bertz CT molecular complexity index is 1140. The monoisotopic (exact) mass is 429 g/mol. The summed E-state index contributed by atoms with van der Waals surface area (Å²) in [5, 5.41) is 13.2. The second-order valence-electron chi connectivity index (χ2n) is 6.48. The quantitative estimate of drug-likeness (QED) is 0.595. The van der Waals surface area contributed by atoms with Crippen molar-refractivity contribution in [1.82, 2.24) is 0 Å². The molecule has 150 valence electrons. The van der Waals surface area contributed by atoms with Crippen molar-refractivity contribution in [3.05, 3.63) is 77.3 Å². The number of phenols is 1. The summed E-state index contributed by atoms with van der Waals surface area (Å²) in [7, 11) is -3.26. The zero-order chi connectivity index (χ0) is 21.0. The number of sulfone groups is 1. The third-order valence-electron chi connectivity index (χ3n) is 4.47. The maximum atomic E-state index is 12.3. The lowest BCUT2D eigenvalue weighted by molar-refractivity contribution is -0.115. The molecule has 0 radical (unpaired) electrons. The van der Waals surface area contributed by atoms with Crippen LogP contribution in [0.1, 0.15) is 12.5 Å². The Labute approximate surface area is 174 Å². The fourth-order valence-corrected chi connectivity index (χ4v) is 4.05. The van der Waals surface area contributed by atoms with Crippen LogP contribution in [0, 0.1) is 0 Å². The number of rotatable bonds is 6. The Balaban J connectivity index is 1.70. The molecule has 3 aromatic carbocycles. The second-order valence-corrected chi connectivity index (χ2v) is 9.17. The highest BCUT2D eigenvalue weighted by atomic mass is 35.5. The van der Waals surface area contributed by atoms with Crippen molar-refractivity contribution in [2.75, 3.05) is 11.1 Å². The van der Waals surface area contributed by atoms with Crippen molar-refractivity contribution in [2.45, 2.75) is 18.2 Å². The van der Waals surface area contributed by atoms with Gasteiger partial charge in [-0.05, 0) is 35.9 Å². The second kappa shape index (κ2) is 8.68. The lowest BCUT2D eigenvalue weighted by Crippen LogP contribution is -2.14. The van der Waals surface area contributed by atoms with Gasteiger partial charge in [0, 0.05) is 16.8 Å². The van der Waals surface area contributed by atoms with Crippen molar-refractivity contribution in [2.24, 2.45) is 0 Å². The van der Waals surface area contributed by atoms with Gasteiger partial charge in [-0.3, -0.25) is 4.79 Å². The molecule has 0 spiro atoms. The first kappa shape index (κ1) is 20.9. The lowest BCUT2D eigenvalue weighted by Gasteiger charge is -2.10. The number of para-hydroxylation sites is 1. The first-order valence-electron chi connectivity index (χ1n) is 8.99. The molecule has 3 aromatic rings. The van der Waals surface area contributed by atoms with Gasteiger partial charge in [0.2, 0.25) is 5.91 Å². The van der Waals surface area contributed by atoms with Crippen LogP contribution in [0.3, 0.4) is 0 Å². The van der Waals surface area contributed by atoms with Crippen molar-refractivity contribution in [3.8, 4) is 16.9 Å². The predicted octanol–water partition coefficient (Wildman–Crippen LogP) is 4.69. The third-order valence-corrected chi connectivity index (χ3v) is 6.54.